The minimum Gasteiger partial charge on any atom is -0.480 e. The Morgan fingerprint density at radius 1 is 1.25 bits per heavy atom. The van der Waals surface area contributed by atoms with Crippen LogP contribution in [0.4, 0.5) is 0 Å². The molecule has 0 aliphatic rings. The molecule has 0 saturated carbocycles. The molecule has 2 rings (SSSR count). The summed E-state index contributed by atoms with van der Waals surface area (Å²) in [5.74, 6) is -1.39. The van der Waals surface area contributed by atoms with E-state index < -0.39 is 5.97 Å². The van der Waals surface area contributed by atoms with Crippen molar-refractivity contribution in [2.45, 2.75) is 40.2 Å². The zero-order valence-corrected chi connectivity index (χ0v) is 14.5. The van der Waals surface area contributed by atoms with Gasteiger partial charge in [0, 0.05) is 11.7 Å². The lowest BCUT2D eigenvalue weighted by Gasteiger charge is -2.26. The molecule has 0 aliphatic heterocycles. The van der Waals surface area contributed by atoms with Crippen LogP contribution in [0, 0.1) is 13.8 Å². The van der Waals surface area contributed by atoms with E-state index >= 15 is 0 Å². The summed E-state index contributed by atoms with van der Waals surface area (Å²) in [6, 6.07) is 9.36. The molecule has 1 heterocycles. The van der Waals surface area contributed by atoms with Gasteiger partial charge in [-0.15, -0.1) is 0 Å². The van der Waals surface area contributed by atoms with Gasteiger partial charge in [-0.05, 0) is 45.4 Å². The molecule has 0 saturated heterocycles. The van der Waals surface area contributed by atoms with Crippen LogP contribution in [-0.2, 0) is 4.79 Å². The first-order valence-electron chi connectivity index (χ1n) is 8.00. The van der Waals surface area contributed by atoms with Crippen LogP contribution < -0.4 is 0 Å². The van der Waals surface area contributed by atoms with Gasteiger partial charge in [0.05, 0.1) is 5.69 Å². The normalized spacial score (nSPS) is 12.0. The Bertz CT molecular complexity index is 734. The molecule has 0 radical (unpaired) electrons. The van der Waals surface area contributed by atoms with Gasteiger partial charge in [0.15, 0.2) is 5.69 Å². The smallest absolute Gasteiger partial charge is 0.323 e. The van der Waals surface area contributed by atoms with Crippen LogP contribution in [0.3, 0.4) is 0 Å². The topological polar surface area (TPSA) is 75.4 Å². The van der Waals surface area contributed by atoms with Gasteiger partial charge in [-0.2, -0.15) is 5.10 Å². The van der Waals surface area contributed by atoms with E-state index in [2.05, 4.69) is 5.10 Å². The molecule has 2 aromatic rings. The number of aliphatic carboxylic acids is 1. The summed E-state index contributed by atoms with van der Waals surface area (Å²) in [7, 11) is 0. The number of benzene rings is 1. The number of nitrogens with zero attached hydrogens (tertiary/aromatic N) is 3. The van der Waals surface area contributed by atoms with Crippen molar-refractivity contribution in [2.24, 2.45) is 0 Å². The van der Waals surface area contributed by atoms with Crippen LogP contribution in [0.5, 0.6) is 0 Å². The highest BCUT2D eigenvalue weighted by molar-refractivity contribution is 5.94. The van der Waals surface area contributed by atoms with E-state index in [0.717, 1.165) is 16.9 Å². The van der Waals surface area contributed by atoms with Gasteiger partial charge in [0.2, 0.25) is 0 Å². The third kappa shape index (κ3) is 3.82. The second kappa shape index (κ2) is 7.29. The number of aromatic nitrogens is 2. The molecule has 24 heavy (non-hydrogen) atoms. The summed E-state index contributed by atoms with van der Waals surface area (Å²) < 4.78 is 1.70. The standard InChI is InChI=1S/C18H23N3O3/c1-5-13(3)20(11-17(22)23)18(24)16-10-14(4)21(19-16)15-8-6-12(2)7-9-15/h6-10,13H,5,11H2,1-4H3,(H,22,23). The van der Waals surface area contributed by atoms with Crippen LogP contribution in [0.15, 0.2) is 30.3 Å². The fraction of sp³-hybridized carbons (Fsp3) is 0.389. The maximum absolute atomic E-state index is 12.7. The van der Waals surface area contributed by atoms with E-state index in [-0.39, 0.29) is 24.2 Å². The molecule has 1 aromatic carbocycles. The van der Waals surface area contributed by atoms with Crippen molar-refractivity contribution >= 4 is 11.9 Å². The lowest BCUT2D eigenvalue weighted by molar-refractivity contribution is -0.138. The summed E-state index contributed by atoms with van der Waals surface area (Å²) >= 11 is 0. The van der Waals surface area contributed by atoms with Crippen LogP contribution in [-0.4, -0.2) is 44.3 Å². The van der Waals surface area contributed by atoms with Gasteiger partial charge in [-0.1, -0.05) is 24.6 Å². The Kier molecular flexibility index (Phi) is 5.39. The summed E-state index contributed by atoms with van der Waals surface area (Å²) in [4.78, 5) is 25.1. The van der Waals surface area contributed by atoms with E-state index in [1.807, 2.05) is 52.0 Å². The highest BCUT2D eigenvalue weighted by Gasteiger charge is 2.25. The summed E-state index contributed by atoms with van der Waals surface area (Å²) in [6.45, 7) is 7.30. The van der Waals surface area contributed by atoms with E-state index in [9.17, 15) is 9.59 Å². The average Bonchev–Trinajstić information content (AvgIpc) is 2.93. The minimum absolute atomic E-state index is 0.168. The number of hydrogen-bond donors (Lipinski definition) is 1. The van der Waals surface area contributed by atoms with E-state index in [0.29, 0.717) is 6.42 Å². The third-order valence-corrected chi connectivity index (χ3v) is 4.07. The molecule has 1 unspecified atom stereocenters. The third-order valence-electron chi connectivity index (χ3n) is 4.07. The molecule has 1 N–H and O–H groups in total. The fourth-order valence-corrected chi connectivity index (χ4v) is 2.47. The number of carbonyl (C=O) groups is 2. The van der Waals surface area contributed by atoms with E-state index in [1.54, 1.807) is 10.7 Å². The summed E-state index contributed by atoms with van der Waals surface area (Å²) in [5.41, 5.74) is 3.09. The van der Waals surface area contributed by atoms with Crippen LogP contribution in [0.25, 0.3) is 5.69 Å². The van der Waals surface area contributed by atoms with Crippen molar-refractivity contribution in [1.29, 1.82) is 0 Å². The molecule has 128 valence electrons. The lowest BCUT2D eigenvalue weighted by atomic mass is 10.2. The van der Waals surface area contributed by atoms with Crippen molar-refractivity contribution in [3.05, 3.63) is 47.3 Å². The van der Waals surface area contributed by atoms with Crippen molar-refractivity contribution in [3.8, 4) is 5.69 Å². The average molecular weight is 329 g/mol. The largest absolute Gasteiger partial charge is 0.480 e. The number of hydrogen-bond acceptors (Lipinski definition) is 3. The van der Waals surface area contributed by atoms with Gasteiger partial charge in [0.25, 0.3) is 5.91 Å². The quantitative estimate of drug-likeness (QED) is 0.884. The van der Waals surface area contributed by atoms with Gasteiger partial charge >= 0.3 is 5.97 Å². The Hall–Kier alpha value is -2.63. The first-order valence-corrected chi connectivity index (χ1v) is 8.00. The second-order valence-corrected chi connectivity index (χ2v) is 6.00. The van der Waals surface area contributed by atoms with Gasteiger partial charge in [-0.25, -0.2) is 4.68 Å². The summed E-state index contributed by atoms with van der Waals surface area (Å²) in [5, 5.41) is 13.5. The van der Waals surface area contributed by atoms with Gasteiger partial charge in [-0.3, -0.25) is 9.59 Å². The second-order valence-electron chi connectivity index (χ2n) is 6.00. The SMILES string of the molecule is CCC(C)N(CC(=O)O)C(=O)c1cc(C)n(-c2ccc(C)cc2)n1. The van der Waals surface area contributed by atoms with Crippen LogP contribution in [0.1, 0.15) is 42.0 Å². The Morgan fingerprint density at radius 3 is 2.42 bits per heavy atom. The van der Waals surface area contributed by atoms with Crippen molar-refractivity contribution in [3.63, 3.8) is 0 Å². The van der Waals surface area contributed by atoms with Crippen molar-refractivity contribution < 1.29 is 14.7 Å². The molecular weight excluding hydrogens is 306 g/mol. The maximum atomic E-state index is 12.7. The zero-order valence-electron chi connectivity index (χ0n) is 14.5. The highest BCUT2D eigenvalue weighted by atomic mass is 16.4. The molecule has 1 amide bonds. The van der Waals surface area contributed by atoms with Gasteiger partial charge < -0.3 is 10.0 Å². The Balaban J connectivity index is 2.34. The van der Waals surface area contributed by atoms with Crippen LogP contribution in [0.2, 0.25) is 0 Å². The molecule has 0 bridgehead atoms. The molecule has 0 spiro atoms. The highest BCUT2D eigenvalue weighted by Crippen LogP contribution is 2.16. The molecule has 1 aromatic heterocycles. The zero-order chi connectivity index (χ0) is 17.9. The molecule has 0 aliphatic carbocycles. The molecular formula is C18H23N3O3. The number of rotatable bonds is 6. The molecule has 6 nitrogen and oxygen atoms in total. The number of amides is 1. The number of aryl methyl sites for hydroxylation is 2. The lowest BCUT2D eigenvalue weighted by Crippen LogP contribution is -2.42. The van der Waals surface area contributed by atoms with E-state index in [1.165, 1.54) is 4.90 Å². The fourth-order valence-electron chi connectivity index (χ4n) is 2.47. The molecule has 1 atom stereocenters. The monoisotopic (exact) mass is 329 g/mol. The number of carboxylic acid groups (broad SMARTS) is 1. The van der Waals surface area contributed by atoms with Crippen molar-refractivity contribution in [1.82, 2.24) is 14.7 Å². The molecule has 6 heteroatoms. The van der Waals surface area contributed by atoms with Crippen LogP contribution >= 0.6 is 0 Å². The Labute approximate surface area is 141 Å². The first kappa shape index (κ1) is 17.7. The predicted molar refractivity (Wildman–Crippen MR) is 91.5 cm³/mol. The van der Waals surface area contributed by atoms with Gasteiger partial charge in [0.1, 0.15) is 6.54 Å². The first-order chi connectivity index (χ1) is 11.3. The number of carbonyl (C=O) groups excluding carboxylic acids is 1. The maximum Gasteiger partial charge on any atom is 0.323 e. The number of carboxylic acids is 1. The van der Waals surface area contributed by atoms with Crippen molar-refractivity contribution in [2.75, 3.05) is 6.54 Å². The summed E-state index contributed by atoms with van der Waals surface area (Å²) in [6.07, 6.45) is 0.677. The molecule has 0 fully saturated rings. The predicted octanol–water partition coefficient (Wildman–Crippen LogP) is 2.81. The van der Waals surface area contributed by atoms with E-state index in [4.69, 9.17) is 5.11 Å². The Morgan fingerprint density at radius 2 is 1.88 bits per heavy atom. The minimum atomic E-state index is -1.03.